The molecule has 1 heterocycles. The fraction of sp³-hybridized carbons (Fsp3) is 0.818. The maximum Gasteiger partial charge on any atom is 0.0794 e. The largest absolute Gasteiger partial charge is 0.372 e. The number of piperidine rings is 1. The monoisotopic (exact) mass is 333 g/mol. The normalized spacial score (nSPS) is 21.9. The molecule has 0 aromatic heterocycles. The number of likely N-dealkylation sites (tertiary alicyclic amines) is 1. The lowest BCUT2D eigenvalue weighted by atomic mass is 9.99. The third-order valence-corrected chi connectivity index (χ3v) is 5.39. The molecular weight excluding hydrogens is 294 g/mol. The maximum atomic E-state index is 6.04. The van der Waals surface area contributed by atoms with E-state index in [1.807, 2.05) is 0 Å². The van der Waals surface area contributed by atoms with E-state index < -0.39 is 0 Å². The minimum Gasteiger partial charge on any atom is -0.372 e. The van der Waals surface area contributed by atoms with Gasteiger partial charge in [-0.05, 0) is 45.2 Å². The van der Waals surface area contributed by atoms with Gasteiger partial charge in [0.15, 0.2) is 0 Å². The van der Waals surface area contributed by atoms with Gasteiger partial charge >= 0.3 is 0 Å². The van der Waals surface area contributed by atoms with Crippen molar-refractivity contribution < 1.29 is 4.74 Å². The fourth-order valence-electron chi connectivity index (χ4n) is 3.76. The van der Waals surface area contributed by atoms with Crippen LogP contribution in [0.3, 0.4) is 0 Å². The topological polar surface area (TPSA) is 12.5 Å². The average molecular weight is 334 g/mol. The van der Waals surface area contributed by atoms with Crippen LogP contribution in [0.2, 0.25) is 0 Å². The zero-order chi connectivity index (χ0) is 16.9. The number of allylic oxidation sites excluding steroid dienone is 2. The summed E-state index contributed by atoms with van der Waals surface area (Å²) >= 11 is 0. The Morgan fingerprint density at radius 2 is 1.75 bits per heavy atom. The molecule has 24 heavy (non-hydrogen) atoms. The first-order chi connectivity index (χ1) is 11.9. The Labute approximate surface area is 150 Å². The summed E-state index contributed by atoms with van der Waals surface area (Å²) in [5, 5.41) is 0. The van der Waals surface area contributed by atoms with Crippen molar-refractivity contribution in [2.45, 2.75) is 90.1 Å². The van der Waals surface area contributed by atoms with Crippen LogP contribution in [0.25, 0.3) is 0 Å². The average Bonchev–Trinajstić information content (AvgIpc) is 2.63. The summed E-state index contributed by atoms with van der Waals surface area (Å²) in [5.41, 5.74) is 1.53. The van der Waals surface area contributed by atoms with Crippen molar-refractivity contribution in [3.8, 4) is 0 Å². The van der Waals surface area contributed by atoms with Gasteiger partial charge in [0, 0.05) is 6.54 Å². The van der Waals surface area contributed by atoms with E-state index in [1.54, 1.807) is 0 Å². The lowest BCUT2D eigenvalue weighted by Gasteiger charge is -2.27. The summed E-state index contributed by atoms with van der Waals surface area (Å²) in [6, 6.07) is 0. The molecule has 0 aromatic rings. The van der Waals surface area contributed by atoms with Crippen LogP contribution in [-0.2, 0) is 4.74 Å². The van der Waals surface area contributed by atoms with Gasteiger partial charge in [-0.1, -0.05) is 75.7 Å². The number of rotatable bonds is 12. The standard InChI is InChI=1S/C22H39NO/c1-2-3-4-5-6-7-9-12-21-13-15-22(16-14-21)24-20-19-23-17-10-8-11-18-23/h13-15,22H,2-12,16-20H2,1H3. The van der Waals surface area contributed by atoms with Crippen LogP contribution >= 0.6 is 0 Å². The highest BCUT2D eigenvalue weighted by atomic mass is 16.5. The van der Waals surface area contributed by atoms with Gasteiger partial charge < -0.3 is 9.64 Å². The van der Waals surface area contributed by atoms with E-state index in [1.165, 1.54) is 89.3 Å². The van der Waals surface area contributed by atoms with Crippen LogP contribution in [0.15, 0.2) is 23.8 Å². The van der Waals surface area contributed by atoms with Gasteiger partial charge in [-0.3, -0.25) is 0 Å². The van der Waals surface area contributed by atoms with Crippen molar-refractivity contribution in [2.24, 2.45) is 0 Å². The minimum absolute atomic E-state index is 0.313. The number of hydrogen-bond acceptors (Lipinski definition) is 2. The van der Waals surface area contributed by atoms with Gasteiger partial charge in [0.05, 0.1) is 12.7 Å². The maximum absolute atomic E-state index is 6.04. The second-order valence-corrected chi connectivity index (χ2v) is 7.56. The van der Waals surface area contributed by atoms with Crippen molar-refractivity contribution in [1.82, 2.24) is 4.90 Å². The van der Waals surface area contributed by atoms with Gasteiger partial charge in [-0.2, -0.15) is 0 Å². The van der Waals surface area contributed by atoms with E-state index >= 15 is 0 Å². The SMILES string of the molecule is CCCCCCCCCC1=CCC(OCCN2CCCCC2)C=C1. The summed E-state index contributed by atoms with van der Waals surface area (Å²) in [6.45, 7) is 6.82. The molecule has 2 nitrogen and oxygen atoms in total. The molecule has 2 aliphatic rings. The lowest BCUT2D eigenvalue weighted by Crippen LogP contribution is -2.33. The van der Waals surface area contributed by atoms with E-state index in [2.05, 4.69) is 30.1 Å². The van der Waals surface area contributed by atoms with Crippen LogP contribution < -0.4 is 0 Å². The van der Waals surface area contributed by atoms with Crippen molar-refractivity contribution in [2.75, 3.05) is 26.2 Å². The molecule has 0 N–H and O–H groups in total. The van der Waals surface area contributed by atoms with E-state index in [9.17, 15) is 0 Å². The van der Waals surface area contributed by atoms with Crippen molar-refractivity contribution in [1.29, 1.82) is 0 Å². The van der Waals surface area contributed by atoms with Crippen LogP contribution in [0.4, 0.5) is 0 Å². The third-order valence-electron chi connectivity index (χ3n) is 5.39. The first kappa shape index (κ1) is 19.7. The Bertz CT molecular complexity index is 368. The second kappa shape index (κ2) is 12.7. The van der Waals surface area contributed by atoms with Crippen molar-refractivity contribution in [3.05, 3.63) is 23.8 Å². The summed E-state index contributed by atoms with van der Waals surface area (Å²) in [5.74, 6) is 0. The molecule has 138 valence electrons. The Balaban J connectivity index is 1.46. The zero-order valence-electron chi connectivity index (χ0n) is 16.0. The van der Waals surface area contributed by atoms with Crippen LogP contribution in [0.5, 0.6) is 0 Å². The molecule has 1 atom stereocenters. The van der Waals surface area contributed by atoms with Gasteiger partial charge in [-0.15, -0.1) is 0 Å². The number of ether oxygens (including phenoxy) is 1. The quantitative estimate of drug-likeness (QED) is 0.413. The second-order valence-electron chi connectivity index (χ2n) is 7.56. The molecule has 2 heteroatoms. The number of hydrogen-bond donors (Lipinski definition) is 0. The molecule has 1 fully saturated rings. The molecule has 0 saturated carbocycles. The minimum atomic E-state index is 0.313. The molecule has 1 unspecified atom stereocenters. The van der Waals surface area contributed by atoms with Crippen LogP contribution in [0.1, 0.15) is 84.0 Å². The molecule has 0 bridgehead atoms. The van der Waals surface area contributed by atoms with Gasteiger partial charge in [-0.25, -0.2) is 0 Å². The van der Waals surface area contributed by atoms with E-state index in [4.69, 9.17) is 4.74 Å². The summed E-state index contributed by atoms with van der Waals surface area (Å²) < 4.78 is 6.04. The molecule has 1 saturated heterocycles. The van der Waals surface area contributed by atoms with Crippen molar-refractivity contribution >= 4 is 0 Å². The highest BCUT2D eigenvalue weighted by Gasteiger charge is 2.12. The van der Waals surface area contributed by atoms with Crippen molar-refractivity contribution in [3.63, 3.8) is 0 Å². The molecule has 0 amide bonds. The van der Waals surface area contributed by atoms with Gasteiger partial charge in [0.25, 0.3) is 0 Å². The predicted octanol–water partition coefficient (Wildman–Crippen LogP) is 5.88. The molecule has 2 rings (SSSR count). The lowest BCUT2D eigenvalue weighted by molar-refractivity contribution is 0.0609. The van der Waals surface area contributed by atoms with Crippen LogP contribution in [-0.4, -0.2) is 37.2 Å². The Hall–Kier alpha value is -0.600. The van der Waals surface area contributed by atoms with Gasteiger partial charge in [0.1, 0.15) is 0 Å². The first-order valence-corrected chi connectivity index (χ1v) is 10.6. The highest BCUT2D eigenvalue weighted by Crippen LogP contribution is 2.19. The Morgan fingerprint density at radius 3 is 2.46 bits per heavy atom. The zero-order valence-corrected chi connectivity index (χ0v) is 16.0. The molecule has 1 aliphatic carbocycles. The smallest absolute Gasteiger partial charge is 0.0794 e. The number of nitrogens with zero attached hydrogens (tertiary/aromatic N) is 1. The van der Waals surface area contributed by atoms with Crippen LogP contribution in [0, 0.1) is 0 Å². The molecule has 1 aliphatic heterocycles. The predicted molar refractivity (Wildman–Crippen MR) is 104 cm³/mol. The molecule has 0 spiro atoms. The summed E-state index contributed by atoms with van der Waals surface area (Å²) in [4.78, 5) is 2.55. The fourth-order valence-corrected chi connectivity index (χ4v) is 3.76. The molecule has 0 aromatic carbocycles. The first-order valence-electron chi connectivity index (χ1n) is 10.6. The van der Waals surface area contributed by atoms with Gasteiger partial charge in [0.2, 0.25) is 0 Å². The van der Waals surface area contributed by atoms with E-state index in [-0.39, 0.29) is 0 Å². The molecule has 0 radical (unpaired) electrons. The summed E-state index contributed by atoms with van der Waals surface area (Å²) in [6.07, 6.45) is 23.6. The van der Waals surface area contributed by atoms with E-state index in [0.29, 0.717) is 6.10 Å². The Kier molecular flexibility index (Phi) is 10.5. The van der Waals surface area contributed by atoms with E-state index in [0.717, 1.165) is 19.6 Å². The summed E-state index contributed by atoms with van der Waals surface area (Å²) in [7, 11) is 0. The Morgan fingerprint density at radius 1 is 1.00 bits per heavy atom. The number of unbranched alkanes of at least 4 members (excludes halogenated alkanes) is 6. The highest BCUT2D eigenvalue weighted by molar-refractivity contribution is 5.24. The third kappa shape index (κ3) is 8.48. The molecular formula is C22H39NO.